The molecule has 9 heteroatoms. The van der Waals surface area contributed by atoms with E-state index in [1.54, 1.807) is 13.8 Å². The van der Waals surface area contributed by atoms with Gasteiger partial charge in [0.05, 0.1) is 28.0 Å². The fraction of sp³-hybridized carbons (Fsp3) is 0.615. The van der Waals surface area contributed by atoms with Crippen LogP contribution in [0.2, 0.25) is 0 Å². The summed E-state index contributed by atoms with van der Waals surface area (Å²) in [6.45, 7) is 3.53. The molecule has 4 rings (SSSR count). The van der Waals surface area contributed by atoms with Gasteiger partial charge in [-0.3, -0.25) is 19.7 Å². The van der Waals surface area contributed by atoms with Crippen molar-refractivity contribution in [2.24, 2.45) is 10.8 Å². The number of hydrogen-bond acceptors (Lipinski definition) is 7. The van der Waals surface area contributed by atoms with E-state index in [9.17, 15) is 19.7 Å². The predicted molar refractivity (Wildman–Crippen MR) is 75.4 cm³/mol. The van der Waals surface area contributed by atoms with Gasteiger partial charge in [-0.05, 0) is 38.0 Å². The van der Waals surface area contributed by atoms with Crippen LogP contribution in [0, 0.1) is 20.9 Å². The van der Waals surface area contributed by atoms with Gasteiger partial charge in [-0.15, -0.1) is 0 Å². The third-order valence-corrected chi connectivity index (χ3v) is 6.47. The second-order valence-corrected chi connectivity index (χ2v) is 7.27. The number of hydrogen-bond donors (Lipinski definition) is 0. The molecule has 22 heavy (non-hydrogen) atoms. The van der Waals surface area contributed by atoms with E-state index >= 15 is 0 Å². The van der Waals surface area contributed by atoms with Crippen LogP contribution in [0.3, 0.4) is 0 Å². The minimum Gasteiger partial charge on any atom is -0.373 e. The zero-order valence-corrected chi connectivity index (χ0v) is 12.8. The van der Waals surface area contributed by atoms with Crippen molar-refractivity contribution >= 4 is 33.3 Å². The molecule has 1 aromatic heterocycles. The fourth-order valence-electron chi connectivity index (χ4n) is 4.05. The van der Waals surface area contributed by atoms with E-state index in [0.717, 1.165) is 35.3 Å². The summed E-state index contributed by atoms with van der Waals surface area (Å²) in [5, 5.41) is 10.7. The quantitative estimate of drug-likeness (QED) is 0.464. The Morgan fingerprint density at radius 2 is 1.86 bits per heavy atom. The Kier molecular flexibility index (Phi) is 2.44. The summed E-state index contributed by atoms with van der Waals surface area (Å²) in [6, 6.07) is 0. The Morgan fingerprint density at radius 1 is 1.32 bits per heavy atom. The number of carbonyl (C=O) groups is 2. The summed E-state index contributed by atoms with van der Waals surface area (Å²) in [6.07, 6.45) is 2.02. The second kappa shape index (κ2) is 3.90. The molecule has 0 radical (unpaired) electrons. The molecule has 2 amide bonds. The summed E-state index contributed by atoms with van der Waals surface area (Å²) in [7, 11) is 0. The molecular formula is C13H13N3O5S. The van der Waals surface area contributed by atoms with Crippen molar-refractivity contribution in [3.8, 4) is 0 Å². The van der Waals surface area contributed by atoms with Crippen molar-refractivity contribution in [2.75, 3.05) is 4.90 Å². The average molecular weight is 323 g/mol. The molecule has 0 unspecified atom stereocenters. The fourth-order valence-corrected chi connectivity index (χ4v) is 4.78. The summed E-state index contributed by atoms with van der Waals surface area (Å²) in [4.78, 5) is 41.0. The maximum atomic E-state index is 12.9. The number of anilines is 1. The lowest BCUT2D eigenvalue weighted by Gasteiger charge is -2.36. The number of carbonyl (C=O) groups excluding carboxylic acids is 2. The first-order chi connectivity index (χ1) is 10.3. The van der Waals surface area contributed by atoms with Crippen molar-refractivity contribution in [2.45, 2.75) is 38.9 Å². The molecule has 3 aliphatic heterocycles. The lowest BCUT2D eigenvalue weighted by atomic mass is 9.59. The monoisotopic (exact) mass is 323 g/mol. The Balaban J connectivity index is 1.82. The number of imide groups is 1. The second-order valence-electron chi connectivity index (χ2n) is 6.28. The number of amides is 2. The van der Waals surface area contributed by atoms with Gasteiger partial charge in [0, 0.05) is 0 Å². The maximum Gasteiger partial charge on any atom is 0.345 e. The molecule has 0 aromatic carbocycles. The highest BCUT2D eigenvalue weighted by atomic mass is 32.1. The Hall–Kier alpha value is -1.87. The minimum atomic E-state index is -0.923. The average Bonchev–Trinajstić information content (AvgIpc) is 3.19. The van der Waals surface area contributed by atoms with E-state index in [2.05, 4.69) is 4.98 Å². The smallest absolute Gasteiger partial charge is 0.345 e. The molecular weight excluding hydrogens is 310 g/mol. The summed E-state index contributed by atoms with van der Waals surface area (Å²) < 4.78 is 5.82. The number of fused-ring (bicyclic) bond motifs is 5. The zero-order valence-electron chi connectivity index (χ0n) is 11.9. The summed E-state index contributed by atoms with van der Waals surface area (Å²) in [5.41, 5.74) is -1.85. The van der Waals surface area contributed by atoms with Crippen molar-refractivity contribution in [1.29, 1.82) is 0 Å². The lowest BCUT2D eigenvalue weighted by molar-refractivity contribution is -0.380. The zero-order chi connectivity index (χ0) is 15.9. The highest BCUT2D eigenvalue weighted by Crippen LogP contribution is 2.64. The van der Waals surface area contributed by atoms with Crippen LogP contribution in [0.5, 0.6) is 0 Å². The molecule has 8 nitrogen and oxygen atoms in total. The number of ether oxygens (including phenoxy) is 1. The molecule has 0 N–H and O–H groups in total. The van der Waals surface area contributed by atoms with Crippen LogP contribution in [0.25, 0.3) is 0 Å². The third-order valence-electron chi connectivity index (χ3n) is 5.53. The Bertz CT molecular complexity index is 699. The van der Waals surface area contributed by atoms with E-state index in [-0.39, 0.29) is 34.2 Å². The highest BCUT2D eigenvalue weighted by Gasteiger charge is 2.77. The van der Waals surface area contributed by atoms with Gasteiger partial charge in [-0.1, -0.05) is 0 Å². The molecule has 2 bridgehead atoms. The van der Waals surface area contributed by atoms with Crippen LogP contribution in [0.15, 0.2) is 6.20 Å². The van der Waals surface area contributed by atoms with Crippen molar-refractivity contribution in [3.63, 3.8) is 0 Å². The number of nitrogens with zero attached hydrogens (tertiary/aromatic N) is 3. The van der Waals surface area contributed by atoms with Crippen LogP contribution in [-0.4, -0.2) is 33.9 Å². The molecule has 4 heterocycles. The van der Waals surface area contributed by atoms with E-state index in [0.29, 0.717) is 0 Å². The normalized spacial score (nSPS) is 39.6. The molecule has 3 fully saturated rings. The molecule has 3 saturated heterocycles. The van der Waals surface area contributed by atoms with Crippen molar-refractivity contribution in [1.82, 2.24) is 4.98 Å². The predicted octanol–water partition coefficient (Wildman–Crippen LogP) is 1.50. The molecule has 0 aliphatic carbocycles. The van der Waals surface area contributed by atoms with Crippen LogP contribution >= 0.6 is 11.3 Å². The van der Waals surface area contributed by atoms with E-state index in [1.807, 2.05) is 0 Å². The van der Waals surface area contributed by atoms with Crippen LogP contribution in [0.4, 0.5) is 10.1 Å². The Labute approximate surface area is 129 Å². The van der Waals surface area contributed by atoms with Crippen molar-refractivity contribution < 1.29 is 19.2 Å². The van der Waals surface area contributed by atoms with Crippen LogP contribution in [0.1, 0.15) is 26.7 Å². The van der Waals surface area contributed by atoms with E-state index in [4.69, 9.17) is 4.74 Å². The first kappa shape index (κ1) is 13.8. The molecule has 3 aliphatic rings. The Morgan fingerprint density at radius 3 is 2.32 bits per heavy atom. The van der Waals surface area contributed by atoms with Crippen molar-refractivity contribution in [3.05, 3.63) is 16.3 Å². The van der Waals surface area contributed by atoms with Gasteiger partial charge in [-0.2, -0.15) is 0 Å². The maximum absolute atomic E-state index is 12.9. The van der Waals surface area contributed by atoms with Gasteiger partial charge in [0.1, 0.15) is 6.20 Å². The van der Waals surface area contributed by atoms with E-state index in [1.165, 1.54) is 0 Å². The standard InChI is InChI=1S/C13H13N3O5S/c1-12-6-3-4-7(21-6)13(12,2)10(18)15(9(12)17)11-14-5-8(22-11)16(19)20/h5-7H,3-4H2,1-2H3/t6-,7+,12+,13-. The first-order valence-corrected chi connectivity index (χ1v) is 7.78. The van der Waals surface area contributed by atoms with Gasteiger partial charge in [-0.25, -0.2) is 9.88 Å². The first-order valence-electron chi connectivity index (χ1n) is 6.96. The van der Waals surface area contributed by atoms with Crippen LogP contribution < -0.4 is 4.90 Å². The SMILES string of the molecule is C[C@@]12C(=O)N(c3ncc([N+](=O)[O-])s3)C(=O)[C@]1(C)[C@H]1CC[C@@H]2O1. The molecule has 4 atom stereocenters. The van der Waals surface area contributed by atoms with Gasteiger partial charge in [0.2, 0.25) is 16.9 Å². The lowest BCUT2D eigenvalue weighted by Crippen LogP contribution is -2.48. The largest absolute Gasteiger partial charge is 0.373 e. The summed E-state index contributed by atoms with van der Waals surface area (Å²) >= 11 is 0.738. The number of nitro groups is 1. The minimum absolute atomic E-state index is 0.0675. The van der Waals surface area contributed by atoms with Gasteiger partial charge < -0.3 is 4.74 Å². The van der Waals surface area contributed by atoms with Gasteiger partial charge >= 0.3 is 5.00 Å². The van der Waals surface area contributed by atoms with Crippen LogP contribution in [-0.2, 0) is 14.3 Å². The summed E-state index contributed by atoms with van der Waals surface area (Å²) in [5.74, 6) is -0.729. The highest BCUT2D eigenvalue weighted by molar-refractivity contribution is 7.19. The third kappa shape index (κ3) is 1.25. The molecule has 0 saturated carbocycles. The number of thiazole rings is 1. The van der Waals surface area contributed by atoms with E-state index < -0.39 is 15.8 Å². The van der Waals surface area contributed by atoms with Gasteiger partial charge in [0.15, 0.2) is 0 Å². The molecule has 1 aromatic rings. The topological polar surface area (TPSA) is 103 Å². The molecule has 116 valence electrons. The molecule has 0 spiro atoms. The number of rotatable bonds is 2. The number of aromatic nitrogens is 1. The van der Waals surface area contributed by atoms with Gasteiger partial charge in [0.25, 0.3) is 0 Å².